The summed E-state index contributed by atoms with van der Waals surface area (Å²) < 4.78 is 0. The maximum Gasteiger partial charge on any atom is 0.180 e. The Morgan fingerprint density at radius 1 is 1.24 bits per heavy atom. The highest BCUT2D eigenvalue weighted by Crippen LogP contribution is 2.24. The summed E-state index contributed by atoms with van der Waals surface area (Å²) in [6, 6.07) is 4.35. The molecule has 2 aromatic rings. The van der Waals surface area contributed by atoms with Gasteiger partial charge < -0.3 is 5.32 Å². The fourth-order valence-corrected chi connectivity index (χ4v) is 2.65. The number of hydrogen-bond donors (Lipinski definition) is 1. The average Bonchev–Trinajstić information content (AvgIpc) is 3.26. The normalized spacial score (nSPS) is 14.4. The first-order valence-electron chi connectivity index (χ1n) is 7.33. The number of aromatic nitrogens is 3. The highest BCUT2D eigenvalue weighted by molar-refractivity contribution is 6.32. The molecule has 0 aromatic carbocycles. The Balaban J connectivity index is 1.83. The van der Waals surface area contributed by atoms with Crippen LogP contribution in [0.15, 0.2) is 18.3 Å². The van der Waals surface area contributed by atoms with E-state index in [0.717, 1.165) is 30.4 Å². The van der Waals surface area contributed by atoms with E-state index in [2.05, 4.69) is 20.3 Å². The first kappa shape index (κ1) is 14.4. The van der Waals surface area contributed by atoms with Crippen molar-refractivity contribution in [3.8, 4) is 11.5 Å². The van der Waals surface area contributed by atoms with Crippen molar-refractivity contribution < 1.29 is 0 Å². The third kappa shape index (κ3) is 3.39. The second kappa shape index (κ2) is 6.08. The predicted octanol–water partition coefficient (Wildman–Crippen LogP) is 3.10. The van der Waals surface area contributed by atoms with Gasteiger partial charge in [0.25, 0.3) is 0 Å². The van der Waals surface area contributed by atoms with E-state index >= 15 is 0 Å². The fourth-order valence-electron chi connectivity index (χ4n) is 2.45. The molecule has 1 fully saturated rings. The van der Waals surface area contributed by atoms with Crippen molar-refractivity contribution in [2.75, 3.05) is 6.54 Å². The van der Waals surface area contributed by atoms with Crippen LogP contribution in [0.2, 0.25) is 5.02 Å². The average molecular weight is 303 g/mol. The van der Waals surface area contributed by atoms with Crippen molar-refractivity contribution in [1.29, 1.82) is 0 Å². The molecule has 1 N–H and O–H groups in total. The number of rotatable bonds is 5. The Hall–Kier alpha value is -1.52. The molecule has 1 aliphatic rings. The van der Waals surface area contributed by atoms with E-state index in [1.165, 1.54) is 18.4 Å². The van der Waals surface area contributed by atoms with Gasteiger partial charge in [-0.05, 0) is 57.4 Å². The molecule has 1 aliphatic carbocycles. The summed E-state index contributed by atoms with van der Waals surface area (Å²) in [4.78, 5) is 13.5. The van der Waals surface area contributed by atoms with Gasteiger partial charge in [0.1, 0.15) is 5.69 Å². The second-order valence-electron chi connectivity index (χ2n) is 5.51. The lowest BCUT2D eigenvalue weighted by atomic mass is 10.1. The SMILES string of the molecule is Cc1nc(-c2ncccc2Cl)nc(C)c1CCNC1CC1. The van der Waals surface area contributed by atoms with E-state index in [9.17, 15) is 0 Å². The van der Waals surface area contributed by atoms with E-state index in [-0.39, 0.29) is 0 Å². The summed E-state index contributed by atoms with van der Waals surface area (Å²) in [6.45, 7) is 5.04. The minimum Gasteiger partial charge on any atom is -0.314 e. The smallest absolute Gasteiger partial charge is 0.180 e. The Labute approximate surface area is 130 Å². The maximum atomic E-state index is 6.18. The Kier molecular flexibility index (Phi) is 4.17. The second-order valence-corrected chi connectivity index (χ2v) is 5.92. The van der Waals surface area contributed by atoms with Crippen LogP contribution in [0.3, 0.4) is 0 Å². The molecular formula is C16H19ClN4. The molecule has 0 spiro atoms. The van der Waals surface area contributed by atoms with Crippen LogP contribution >= 0.6 is 11.6 Å². The number of pyridine rings is 1. The molecule has 0 amide bonds. The lowest BCUT2D eigenvalue weighted by Gasteiger charge is -2.11. The molecule has 21 heavy (non-hydrogen) atoms. The van der Waals surface area contributed by atoms with Gasteiger partial charge >= 0.3 is 0 Å². The van der Waals surface area contributed by atoms with Crippen LogP contribution in [0.25, 0.3) is 11.5 Å². The first-order valence-corrected chi connectivity index (χ1v) is 7.71. The topological polar surface area (TPSA) is 50.7 Å². The van der Waals surface area contributed by atoms with E-state index in [1.54, 1.807) is 6.20 Å². The van der Waals surface area contributed by atoms with Crippen LogP contribution < -0.4 is 5.32 Å². The quantitative estimate of drug-likeness (QED) is 0.922. The molecule has 0 radical (unpaired) electrons. The van der Waals surface area contributed by atoms with Crippen molar-refractivity contribution in [2.45, 2.75) is 39.2 Å². The third-order valence-corrected chi connectivity index (χ3v) is 4.08. The van der Waals surface area contributed by atoms with Crippen molar-refractivity contribution in [1.82, 2.24) is 20.3 Å². The largest absolute Gasteiger partial charge is 0.314 e. The molecular weight excluding hydrogens is 284 g/mol. The van der Waals surface area contributed by atoms with Gasteiger partial charge in [0.2, 0.25) is 0 Å². The molecule has 2 heterocycles. The molecule has 0 aliphatic heterocycles. The minimum absolute atomic E-state index is 0.583. The van der Waals surface area contributed by atoms with Gasteiger partial charge in [0.15, 0.2) is 5.82 Å². The van der Waals surface area contributed by atoms with Crippen LogP contribution in [-0.4, -0.2) is 27.5 Å². The molecule has 1 saturated carbocycles. The molecule has 5 heteroatoms. The first-order chi connectivity index (χ1) is 10.1. The lowest BCUT2D eigenvalue weighted by Crippen LogP contribution is -2.20. The summed E-state index contributed by atoms with van der Waals surface area (Å²) >= 11 is 6.18. The number of nitrogens with one attached hydrogen (secondary N) is 1. The van der Waals surface area contributed by atoms with E-state index in [1.807, 2.05) is 26.0 Å². The standard InChI is InChI=1S/C16H19ClN4/c1-10-13(7-9-18-12-5-6-12)11(2)21-16(20-10)15-14(17)4-3-8-19-15/h3-4,8,12,18H,5-7,9H2,1-2H3. The van der Waals surface area contributed by atoms with Crippen LogP contribution in [0.4, 0.5) is 0 Å². The molecule has 0 atom stereocenters. The molecule has 0 unspecified atom stereocenters. The zero-order chi connectivity index (χ0) is 14.8. The Morgan fingerprint density at radius 2 is 1.95 bits per heavy atom. The van der Waals surface area contributed by atoms with Crippen molar-refractivity contribution in [3.63, 3.8) is 0 Å². The molecule has 2 aromatic heterocycles. The summed E-state index contributed by atoms with van der Waals surface area (Å²) in [5.74, 6) is 0.606. The monoisotopic (exact) mass is 302 g/mol. The molecule has 110 valence electrons. The number of nitrogens with zero attached hydrogens (tertiary/aromatic N) is 3. The van der Waals surface area contributed by atoms with Gasteiger partial charge in [-0.2, -0.15) is 0 Å². The molecule has 4 nitrogen and oxygen atoms in total. The van der Waals surface area contributed by atoms with E-state index in [0.29, 0.717) is 16.5 Å². The fraction of sp³-hybridized carbons (Fsp3) is 0.438. The summed E-state index contributed by atoms with van der Waals surface area (Å²) in [7, 11) is 0. The van der Waals surface area contributed by atoms with Gasteiger partial charge in [0, 0.05) is 23.6 Å². The summed E-state index contributed by atoms with van der Waals surface area (Å²) in [5, 5.41) is 4.11. The lowest BCUT2D eigenvalue weighted by molar-refractivity contribution is 0.675. The predicted molar refractivity (Wildman–Crippen MR) is 84.5 cm³/mol. The molecule has 0 bridgehead atoms. The third-order valence-electron chi connectivity index (χ3n) is 3.78. The zero-order valence-electron chi connectivity index (χ0n) is 12.4. The van der Waals surface area contributed by atoms with Crippen LogP contribution in [-0.2, 0) is 6.42 Å². The summed E-state index contributed by atoms with van der Waals surface area (Å²) in [5.41, 5.74) is 3.89. The maximum absolute atomic E-state index is 6.18. The van der Waals surface area contributed by atoms with Gasteiger partial charge in [-0.25, -0.2) is 9.97 Å². The van der Waals surface area contributed by atoms with Gasteiger partial charge in [-0.1, -0.05) is 11.6 Å². The van der Waals surface area contributed by atoms with Crippen LogP contribution in [0, 0.1) is 13.8 Å². The van der Waals surface area contributed by atoms with Crippen LogP contribution in [0.5, 0.6) is 0 Å². The minimum atomic E-state index is 0.583. The number of hydrogen-bond acceptors (Lipinski definition) is 4. The Bertz CT molecular complexity index is 629. The molecule has 0 saturated heterocycles. The van der Waals surface area contributed by atoms with E-state index < -0.39 is 0 Å². The van der Waals surface area contributed by atoms with Crippen molar-refractivity contribution in [3.05, 3.63) is 40.3 Å². The highest BCUT2D eigenvalue weighted by atomic mass is 35.5. The molecule has 3 rings (SSSR count). The van der Waals surface area contributed by atoms with Crippen LogP contribution in [0.1, 0.15) is 29.8 Å². The van der Waals surface area contributed by atoms with Crippen molar-refractivity contribution >= 4 is 11.6 Å². The van der Waals surface area contributed by atoms with Gasteiger partial charge in [-0.3, -0.25) is 4.98 Å². The zero-order valence-corrected chi connectivity index (χ0v) is 13.1. The summed E-state index contributed by atoms with van der Waals surface area (Å²) in [6.07, 6.45) is 5.30. The highest BCUT2D eigenvalue weighted by Gasteiger charge is 2.20. The number of halogens is 1. The number of aryl methyl sites for hydroxylation is 2. The van der Waals surface area contributed by atoms with Gasteiger partial charge in [-0.15, -0.1) is 0 Å². The van der Waals surface area contributed by atoms with Gasteiger partial charge in [0.05, 0.1) is 5.02 Å². The Morgan fingerprint density at radius 3 is 2.57 bits per heavy atom. The van der Waals surface area contributed by atoms with Crippen molar-refractivity contribution in [2.24, 2.45) is 0 Å². The van der Waals surface area contributed by atoms with E-state index in [4.69, 9.17) is 11.6 Å².